The number of pyridine rings is 1. The van der Waals surface area contributed by atoms with E-state index in [9.17, 15) is 4.79 Å². The van der Waals surface area contributed by atoms with Gasteiger partial charge in [0, 0.05) is 23.5 Å². The number of hydrogen-bond acceptors (Lipinski definition) is 4. The second-order valence-electron chi connectivity index (χ2n) is 5.25. The normalized spacial score (nSPS) is 10.5. The molecule has 2 rings (SSSR count). The number of ether oxygens (including phenoxy) is 1. The van der Waals surface area contributed by atoms with Gasteiger partial charge in [0.05, 0.1) is 18.4 Å². The van der Waals surface area contributed by atoms with Crippen molar-refractivity contribution in [3.63, 3.8) is 0 Å². The fraction of sp³-hybridized carbons (Fsp3) is 0.294. The van der Waals surface area contributed by atoms with E-state index >= 15 is 0 Å². The fourth-order valence-electron chi connectivity index (χ4n) is 2.10. The molecule has 0 aliphatic heterocycles. The summed E-state index contributed by atoms with van der Waals surface area (Å²) in [5, 5.41) is 3.40. The first-order valence-electron chi connectivity index (χ1n) is 6.93. The van der Waals surface area contributed by atoms with Crippen LogP contribution in [0.1, 0.15) is 29.8 Å². The van der Waals surface area contributed by atoms with E-state index in [-0.39, 0.29) is 5.97 Å². The van der Waals surface area contributed by atoms with Gasteiger partial charge in [-0.05, 0) is 50.6 Å². The molecule has 1 aromatic heterocycles. The first kappa shape index (κ1) is 15.0. The van der Waals surface area contributed by atoms with Gasteiger partial charge in [0.2, 0.25) is 0 Å². The molecule has 0 atom stereocenters. The van der Waals surface area contributed by atoms with Crippen LogP contribution in [0.2, 0.25) is 0 Å². The maximum atomic E-state index is 11.4. The molecule has 0 saturated heterocycles. The van der Waals surface area contributed by atoms with E-state index in [0.717, 1.165) is 16.9 Å². The number of methoxy groups -OCH3 is 1. The number of rotatable bonds is 4. The molecular weight excluding hydrogens is 264 g/mol. The van der Waals surface area contributed by atoms with Crippen molar-refractivity contribution in [3.05, 3.63) is 47.7 Å². The average Bonchev–Trinajstić information content (AvgIpc) is 2.48. The van der Waals surface area contributed by atoms with Crippen LogP contribution in [0, 0.1) is 6.92 Å². The number of aryl methyl sites for hydroxylation is 1. The van der Waals surface area contributed by atoms with Crippen LogP contribution in [-0.4, -0.2) is 24.1 Å². The molecule has 0 amide bonds. The highest BCUT2D eigenvalue weighted by Gasteiger charge is 2.08. The maximum Gasteiger partial charge on any atom is 0.339 e. The van der Waals surface area contributed by atoms with E-state index in [2.05, 4.69) is 47.9 Å². The molecule has 0 fully saturated rings. The van der Waals surface area contributed by atoms with E-state index < -0.39 is 0 Å². The SMILES string of the molecule is COC(=O)c1ccc(-c2ccc(NC(C)C)c(C)c2)nc1. The Morgan fingerprint density at radius 2 is 2.00 bits per heavy atom. The van der Waals surface area contributed by atoms with E-state index in [4.69, 9.17) is 0 Å². The number of benzene rings is 1. The molecule has 1 heterocycles. The summed E-state index contributed by atoms with van der Waals surface area (Å²) in [4.78, 5) is 15.7. The zero-order chi connectivity index (χ0) is 15.4. The van der Waals surface area contributed by atoms with Crippen molar-refractivity contribution < 1.29 is 9.53 Å². The molecule has 110 valence electrons. The van der Waals surface area contributed by atoms with Crippen LogP contribution < -0.4 is 5.32 Å². The lowest BCUT2D eigenvalue weighted by Crippen LogP contribution is -2.10. The highest BCUT2D eigenvalue weighted by Crippen LogP contribution is 2.24. The minimum Gasteiger partial charge on any atom is -0.465 e. The van der Waals surface area contributed by atoms with Gasteiger partial charge in [0.1, 0.15) is 0 Å². The van der Waals surface area contributed by atoms with Gasteiger partial charge in [0.15, 0.2) is 0 Å². The van der Waals surface area contributed by atoms with Crippen LogP contribution in [0.15, 0.2) is 36.5 Å². The molecule has 1 N–H and O–H groups in total. The minimum absolute atomic E-state index is 0.373. The highest BCUT2D eigenvalue weighted by atomic mass is 16.5. The molecule has 0 bridgehead atoms. The standard InChI is InChI=1S/C17H20N2O2/c1-11(2)19-15-7-5-13(9-12(15)3)16-8-6-14(10-18-16)17(20)21-4/h5-11,19H,1-4H3. The number of hydrogen-bond donors (Lipinski definition) is 1. The van der Waals surface area contributed by atoms with Crippen molar-refractivity contribution in [2.45, 2.75) is 26.8 Å². The first-order chi connectivity index (χ1) is 10.0. The summed E-state index contributed by atoms with van der Waals surface area (Å²) in [6.45, 7) is 6.29. The first-order valence-corrected chi connectivity index (χ1v) is 6.93. The second kappa shape index (κ2) is 6.39. The summed E-state index contributed by atoms with van der Waals surface area (Å²) in [7, 11) is 1.36. The topological polar surface area (TPSA) is 51.2 Å². The van der Waals surface area contributed by atoms with Crippen molar-refractivity contribution in [2.75, 3.05) is 12.4 Å². The van der Waals surface area contributed by atoms with Gasteiger partial charge in [-0.3, -0.25) is 4.98 Å². The van der Waals surface area contributed by atoms with Crippen LogP contribution in [0.25, 0.3) is 11.3 Å². The Kier molecular flexibility index (Phi) is 4.58. The zero-order valence-corrected chi connectivity index (χ0v) is 12.8. The molecule has 4 nitrogen and oxygen atoms in total. The Hall–Kier alpha value is -2.36. The molecule has 0 aliphatic rings. The smallest absolute Gasteiger partial charge is 0.339 e. The molecule has 0 saturated carbocycles. The number of esters is 1. The predicted octanol–water partition coefficient (Wildman–Crippen LogP) is 3.66. The Balaban J connectivity index is 2.26. The number of carbonyl (C=O) groups is 1. The summed E-state index contributed by atoms with van der Waals surface area (Å²) in [5.41, 5.74) is 4.61. The third-order valence-electron chi connectivity index (χ3n) is 3.15. The summed E-state index contributed by atoms with van der Waals surface area (Å²) >= 11 is 0. The van der Waals surface area contributed by atoms with Gasteiger partial charge in [-0.2, -0.15) is 0 Å². The Morgan fingerprint density at radius 1 is 1.24 bits per heavy atom. The molecule has 0 unspecified atom stereocenters. The van der Waals surface area contributed by atoms with Crippen LogP contribution in [-0.2, 0) is 4.74 Å². The Bertz CT molecular complexity index is 634. The number of carbonyl (C=O) groups excluding carboxylic acids is 1. The molecule has 21 heavy (non-hydrogen) atoms. The highest BCUT2D eigenvalue weighted by molar-refractivity contribution is 5.89. The quantitative estimate of drug-likeness (QED) is 0.870. The molecule has 0 spiro atoms. The van der Waals surface area contributed by atoms with E-state index in [0.29, 0.717) is 11.6 Å². The van der Waals surface area contributed by atoms with Gasteiger partial charge in [-0.15, -0.1) is 0 Å². The van der Waals surface area contributed by atoms with Crippen LogP contribution in [0.4, 0.5) is 5.69 Å². The molecule has 0 aliphatic carbocycles. The van der Waals surface area contributed by atoms with Gasteiger partial charge >= 0.3 is 5.97 Å². The van der Waals surface area contributed by atoms with E-state index in [1.165, 1.54) is 18.9 Å². The van der Waals surface area contributed by atoms with Crippen LogP contribution in [0.3, 0.4) is 0 Å². The van der Waals surface area contributed by atoms with E-state index in [1.807, 2.05) is 12.1 Å². The largest absolute Gasteiger partial charge is 0.465 e. The fourth-order valence-corrected chi connectivity index (χ4v) is 2.10. The maximum absolute atomic E-state index is 11.4. The minimum atomic E-state index is -0.373. The van der Waals surface area contributed by atoms with Crippen molar-refractivity contribution in [3.8, 4) is 11.3 Å². The molecule has 0 radical (unpaired) electrons. The Labute approximate surface area is 125 Å². The van der Waals surface area contributed by atoms with Crippen molar-refractivity contribution in [1.82, 2.24) is 4.98 Å². The summed E-state index contributed by atoms with van der Waals surface area (Å²) in [5.74, 6) is -0.373. The average molecular weight is 284 g/mol. The van der Waals surface area contributed by atoms with Gasteiger partial charge in [-0.1, -0.05) is 6.07 Å². The van der Waals surface area contributed by atoms with E-state index in [1.54, 1.807) is 6.07 Å². The lowest BCUT2D eigenvalue weighted by Gasteiger charge is -2.13. The van der Waals surface area contributed by atoms with Crippen molar-refractivity contribution in [2.24, 2.45) is 0 Å². The van der Waals surface area contributed by atoms with Crippen LogP contribution in [0.5, 0.6) is 0 Å². The van der Waals surface area contributed by atoms with Gasteiger partial charge in [-0.25, -0.2) is 4.79 Å². The number of aromatic nitrogens is 1. The lowest BCUT2D eigenvalue weighted by molar-refractivity contribution is 0.0600. The predicted molar refractivity (Wildman–Crippen MR) is 84.5 cm³/mol. The number of nitrogens with zero attached hydrogens (tertiary/aromatic N) is 1. The monoisotopic (exact) mass is 284 g/mol. The third-order valence-corrected chi connectivity index (χ3v) is 3.15. The van der Waals surface area contributed by atoms with Gasteiger partial charge < -0.3 is 10.1 Å². The van der Waals surface area contributed by atoms with Crippen molar-refractivity contribution in [1.29, 1.82) is 0 Å². The second-order valence-corrected chi connectivity index (χ2v) is 5.25. The molecule has 2 aromatic rings. The summed E-state index contributed by atoms with van der Waals surface area (Å²) in [6, 6.07) is 10.1. The molecular formula is C17H20N2O2. The number of nitrogens with one attached hydrogen (secondary N) is 1. The summed E-state index contributed by atoms with van der Waals surface area (Å²) in [6.07, 6.45) is 1.54. The van der Waals surface area contributed by atoms with Crippen molar-refractivity contribution >= 4 is 11.7 Å². The molecule has 4 heteroatoms. The Morgan fingerprint density at radius 3 is 2.52 bits per heavy atom. The third kappa shape index (κ3) is 3.60. The summed E-state index contributed by atoms with van der Waals surface area (Å²) < 4.78 is 4.67. The number of anilines is 1. The zero-order valence-electron chi connectivity index (χ0n) is 12.8. The van der Waals surface area contributed by atoms with Gasteiger partial charge in [0.25, 0.3) is 0 Å². The molecule has 1 aromatic carbocycles. The van der Waals surface area contributed by atoms with Crippen LogP contribution >= 0.6 is 0 Å². The lowest BCUT2D eigenvalue weighted by atomic mass is 10.1.